The van der Waals surface area contributed by atoms with Crippen LogP contribution in [0, 0.1) is 5.41 Å². The Bertz CT molecular complexity index is 419. The molecule has 19 heavy (non-hydrogen) atoms. The third kappa shape index (κ3) is 2.98. The molecule has 3 nitrogen and oxygen atoms in total. The van der Waals surface area contributed by atoms with Crippen molar-refractivity contribution in [3.8, 4) is 5.75 Å². The highest BCUT2D eigenvalue weighted by Crippen LogP contribution is 2.38. The third-order valence-electron chi connectivity index (χ3n) is 4.11. The van der Waals surface area contributed by atoms with Gasteiger partial charge in [0.1, 0.15) is 5.75 Å². The van der Waals surface area contributed by atoms with Crippen molar-refractivity contribution < 1.29 is 9.53 Å². The quantitative estimate of drug-likeness (QED) is 0.828. The SMILES string of the molecule is CCOc1ccc(C(=O)C2(CN)CCCCC2)cc1. The van der Waals surface area contributed by atoms with Gasteiger partial charge in [0, 0.05) is 17.5 Å². The van der Waals surface area contributed by atoms with Crippen molar-refractivity contribution in [1.29, 1.82) is 0 Å². The normalized spacial score (nSPS) is 18.0. The first-order valence-electron chi connectivity index (χ1n) is 7.19. The summed E-state index contributed by atoms with van der Waals surface area (Å²) in [6.45, 7) is 3.05. The molecule has 104 valence electrons. The van der Waals surface area contributed by atoms with Crippen LogP contribution >= 0.6 is 0 Å². The van der Waals surface area contributed by atoms with Crippen LogP contribution in [-0.4, -0.2) is 18.9 Å². The molecule has 2 rings (SSSR count). The number of nitrogens with two attached hydrogens (primary N) is 1. The number of benzene rings is 1. The van der Waals surface area contributed by atoms with Crippen LogP contribution in [0.2, 0.25) is 0 Å². The van der Waals surface area contributed by atoms with Crippen LogP contribution in [0.25, 0.3) is 0 Å². The van der Waals surface area contributed by atoms with Crippen LogP contribution in [-0.2, 0) is 0 Å². The zero-order valence-corrected chi connectivity index (χ0v) is 11.7. The summed E-state index contributed by atoms with van der Waals surface area (Å²) in [6.07, 6.45) is 5.29. The highest BCUT2D eigenvalue weighted by Gasteiger charge is 2.38. The first-order valence-corrected chi connectivity index (χ1v) is 7.19. The summed E-state index contributed by atoms with van der Waals surface area (Å²) in [6, 6.07) is 7.45. The molecule has 1 aromatic carbocycles. The van der Waals surface area contributed by atoms with E-state index in [0.29, 0.717) is 13.2 Å². The molecule has 0 bridgehead atoms. The van der Waals surface area contributed by atoms with Gasteiger partial charge < -0.3 is 10.5 Å². The smallest absolute Gasteiger partial charge is 0.170 e. The molecule has 1 aliphatic carbocycles. The van der Waals surface area contributed by atoms with Gasteiger partial charge in [0.25, 0.3) is 0 Å². The van der Waals surface area contributed by atoms with Gasteiger partial charge in [-0.1, -0.05) is 19.3 Å². The van der Waals surface area contributed by atoms with Crippen molar-refractivity contribution >= 4 is 5.78 Å². The second kappa shape index (κ2) is 6.20. The van der Waals surface area contributed by atoms with Crippen molar-refractivity contribution in [3.05, 3.63) is 29.8 Å². The molecule has 1 fully saturated rings. The second-order valence-electron chi connectivity index (χ2n) is 5.33. The minimum Gasteiger partial charge on any atom is -0.494 e. The molecule has 0 atom stereocenters. The third-order valence-corrected chi connectivity index (χ3v) is 4.11. The molecular weight excluding hydrogens is 238 g/mol. The summed E-state index contributed by atoms with van der Waals surface area (Å²) >= 11 is 0. The molecule has 0 aromatic heterocycles. The van der Waals surface area contributed by atoms with Gasteiger partial charge in [-0.2, -0.15) is 0 Å². The van der Waals surface area contributed by atoms with E-state index < -0.39 is 0 Å². The lowest BCUT2D eigenvalue weighted by Gasteiger charge is -2.34. The van der Waals surface area contributed by atoms with Crippen LogP contribution in [0.1, 0.15) is 49.4 Å². The van der Waals surface area contributed by atoms with Crippen LogP contribution < -0.4 is 10.5 Å². The Balaban J connectivity index is 2.17. The number of ketones is 1. The van der Waals surface area contributed by atoms with E-state index in [1.54, 1.807) is 0 Å². The molecule has 1 aliphatic rings. The van der Waals surface area contributed by atoms with E-state index in [4.69, 9.17) is 10.5 Å². The zero-order chi connectivity index (χ0) is 13.7. The van der Waals surface area contributed by atoms with E-state index in [9.17, 15) is 4.79 Å². The molecule has 1 aromatic rings. The van der Waals surface area contributed by atoms with E-state index in [1.807, 2.05) is 31.2 Å². The second-order valence-corrected chi connectivity index (χ2v) is 5.33. The lowest BCUT2D eigenvalue weighted by Crippen LogP contribution is -2.40. The van der Waals surface area contributed by atoms with Crippen molar-refractivity contribution in [2.24, 2.45) is 11.1 Å². The summed E-state index contributed by atoms with van der Waals surface area (Å²) in [4.78, 5) is 12.7. The van der Waals surface area contributed by atoms with Gasteiger partial charge in [-0.05, 0) is 44.0 Å². The van der Waals surface area contributed by atoms with E-state index in [2.05, 4.69) is 0 Å². The number of hydrogen-bond acceptors (Lipinski definition) is 3. The molecule has 2 N–H and O–H groups in total. The number of ether oxygens (including phenoxy) is 1. The maximum absolute atomic E-state index is 12.7. The van der Waals surface area contributed by atoms with Crippen LogP contribution in [0.15, 0.2) is 24.3 Å². The average molecular weight is 261 g/mol. The first-order chi connectivity index (χ1) is 9.22. The van der Waals surface area contributed by atoms with Gasteiger partial charge in [0.05, 0.1) is 6.61 Å². The van der Waals surface area contributed by atoms with E-state index in [0.717, 1.165) is 37.0 Å². The number of carbonyl (C=O) groups is 1. The summed E-state index contributed by atoms with van der Waals surface area (Å²) in [5.74, 6) is 1.02. The van der Waals surface area contributed by atoms with E-state index >= 15 is 0 Å². The molecule has 0 heterocycles. The fourth-order valence-electron chi connectivity index (χ4n) is 2.93. The lowest BCUT2D eigenvalue weighted by atomic mass is 9.69. The first kappa shape index (κ1) is 14.1. The van der Waals surface area contributed by atoms with Gasteiger partial charge in [-0.3, -0.25) is 4.79 Å². The Morgan fingerprint density at radius 1 is 1.21 bits per heavy atom. The molecule has 3 heteroatoms. The Labute approximate surface area is 115 Å². The van der Waals surface area contributed by atoms with Crippen molar-refractivity contribution in [3.63, 3.8) is 0 Å². The van der Waals surface area contributed by atoms with E-state index in [1.165, 1.54) is 6.42 Å². The predicted molar refractivity (Wildman–Crippen MR) is 76.5 cm³/mol. The molecule has 0 saturated heterocycles. The maximum Gasteiger partial charge on any atom is 0.170 e. The van der Waals surface area contributed by atoms with Gasteiger partial charge in [-0.25, -0.2) is 0 Å². The van der Waals surface area contributed by atoms with Crippen LogP contribution in [0.4, 0.5) is 0 Å². The topological polar surface area (TPSA) is 52.3 Å². The predicted octanol–water partition coefficient (Wildman–Crippen LogP) is 3.18. The maximum atomic E-state index is 12.7. The minimum absolute atomic E-state index is 0.206. The van der Waals surface area contributed by atoms with Gasteiger partial charge in [0.2, 0.25) is 0 Å². The Morgan fingerprint density at radius 2 is 1.84 bits per heavy atom. The zero-order valence-electron chi connectivity index (χ0n) is 11.7. The average Bonchev–Trinajstić information content (AvgIpc) is 2.48. The van der Waals surface area contributed by atoms with Gasteiger partial charge in [-0.15, -0.1) is 0 Å². The Morgan fingerprint density at radius 3 is 2.37 bits per heavy atom. The molecule has 0 unspecified atom stereocenters. The van der Waals surface area contributed by atoms with Crippen LogP contribution in [0.3, 0.4) is 0 Å². The largest absolute Gasteiger partial charge is 0.494 e. The number of Topliss-reactive ketones (excluding diaryl/α,β-unsaturated/α-hetero) is 1. The van der Waals surface area contributed by atoms with Crippen molar-refractivity contribution in [2.45, 2.75) is 39.0 Å². The van der Waals surface area contributed by atoms with E-state index in [-0.39, 0.29) is 11.2 Å². The highest BCUT2D eigenvalue weighted by atomic mass is 16.5. The number of hydrogen-bond donors (Lipinski definition) is 1. The van der Waals surface area contributed by atoms with Crippen molar-refractivity contribution in [2.75, 3.05) is 13.2 Å². The number of carbonyl (C=O) groups excluding carboxylic acids is 1. The standard InChI is InChI=1S/C16H23NO2/c1-2-19-14-8-6-13(7-9-14)15(18)16(12-17)10-4-3-5-11-16/h6-9H,2-5,10-12,17H2,1H3. The van der Waals surface area contributed by atoms with Crippen LogP contribution in [0.5, 0.6) is 5.75 Å². The fraction of sp³-hybridized carbons (Fsp3) is 0.562. The van der Waals surface area contributed by atoms with Gasteiger partial charge in [0.15, 0.2) is 5.78 Å². The number of rotatable bonds is 5. The molecular formula is C16H23NO2. The molecule has 0 spiro atoms. The lowest BCUT2D eigenvalue weighted by molar-refractivity contribution is 0.0729. The molecule has 0 amide bonds. The summed E-state index contributed by atoms with van der Waals surface area (Å²) in [5.41, 5.74) is 6.34. The summed E-state index contributed by atoms with van der Waals surface area (Å²) in [7, 11) is 0. The molecule has 0 radical (unpaired) electrons. The van der Waals surface area contributed by atoms with Gasteiger partial charge >= 0.3 is 0 Å². The highest BCUT2D eigenvalue weighted by molar-refractivity contribution is 6.00. The molecule has 0 aliphatic heterocycles. The van der Waals surface area contributed by atoms with Crippen molar-refractivity contribution in [1.82, 2.24) is 0 Å². The summed E-state index contributed by atoms with van der Waals surface area (Å²) in [5, 5.41) is 0. The summed E-state index contributed by atoms with van der Waals surface area (Å²) < 4.78 is 5.40. The Hall–Kier alpha value is -1.35. The Kier molecular flexibility index (Phi) is 4.59. The molecule has 1 saturated carbocycles. The minimum atomic E-state index is -0.328. The monoisotopic (exact) mass is 261 g/mol. The fourth-order valence-corrected chi connectivity index (χ4v) is 2.93.